The van der Waals surface area contributed by atoms with Crippen molar-refractivity contribution in [1.82, 2.24) is 9.55 Å². The number of aryl methyl sites for hydroxylation is 2. The van der Waals surface area contributed by atoms with Crippen molar-refractivity contribution in [2.24, 2.45) is 5.73 Å². The van der Waals surface area contributed by atoms with E-state index in [2.05, 4.69) is 31.0 Å². The Morgan fingerprint density at radius 2 is 1.95 bits per heavy atom. The van der Waals surface area contributed by atoms with Gasteiger partial charge in [-0.15, -0.1) is 0 Å². The van der Waals surface area contributed by atoms with Gasteiger partial charge in [-0.2, -0.15) is 0 Å². The zero-order chi connectivity index (χ0) is 15.7. The lowest BCUT2D eigenvalue weighted by Gasteiger charge is -2.18. The Morgan fingerprint density at radius 1 is 1.18 bits per heavy atom. The standard InChI is InChI=1S/C18H19N3O/c1-12-7-8-14(13(2)9-12)15(19)11-21-17-6-4-3-5-16(17)20-10-18(21)22/h3-10,15H,11,19H2,1-2H3. The van der Waals surface area contributed by atoms with Gasteiger partial charge in [-0.25, -0.2) is 4.98 Å². The lowest BCUT2D eigenvalue weighted by atomic mass is 9.99. The first kappa shape index (κ1) is 14.5. The van der Waals surface area contributed by atoms with Crippen LogP contribution in [0, 0.1) is 13.8 Å². The molecule has 0 amide bonds. The van der Waals surface area contributed by atoms with Crippen LogP contribution < -0.4 is 11.3 Å². The van der Waals surface area contributed by atoms with Crippen LogP contribution in [0.15, 0.2) is 53.5 Å². The van der Waals surface area contributed by atoms with Crippen LogP contribution in [-0.4, -0.2) is 9.55 Å². The van der Waals surface area contributed by atoms with Crippen molar-refractivity contribution in [1.29, 1.82) is 0 Å². The van der Waals surface area contributed by atoms with Gasteiger partial charge in [-0.1, -0.05) is 35.9 Å². The summed E-state index contributed by atoms with van der Waals surface area (Å²) in [6, 6.07) is 13.6. The molecule has 0 aliphatic rings. The van der Waals surface area contributed by atoms with E-state index in [1.54, 1.807) is 4.57 Å². The smallest absolute Gasteiger partial charge is 0.269 e. The van der Waals surface area contributed by atoms with Crippen LogP contribution in [0.25, 0.3) is 11.0 Å². The van der Waals surface area contributed by atoms with Gasteiger partial charge >= 0.3 is 0 Å². The highest BCUT2D eigenvalue weighted by atomic mass is 16.1. The van der Waals surface area contributed by atoms with E-state index in [4.69, 9.17) is 5.73 Å². The average molecular weight is 293 g/mol. The lowest BCUT2D eigenvalue weighted by Crippen LogP contribution is -2.27. The largest absolute Gasteiger partial charge is 0.322 e. The van der Waals surface area contributed by atoms with Crippen molar-refractivity contribution in [2.45, 2.75) is 26.4 Å². The molecule has 0 radical (unpaired) electrons. The number of aromatic nitrogens is 2. The summed E-state index contributed by atoms with van der Waals surface area (Å²) in [7, 11) is 0. The van der Waals surface area contributed by atoms with Gasteiger partial charge in [0.1, 0.15) is 0 Å². The van der Waals surface area contributed by atoms with Crippen LogP contribution in [0.4, 0.5) is 0 Å². The Labute approximate surface area is 129 Å². The molecule has 0 aliphatic heterocycles. The minimum Gasteiger partial charge on any atom is -0.322 e. The Balaban J connectivity index is 2.02. The molecule has 2 aromatic carbocycles. The van der Waals surface area contributed by atoms with Crippen molar-refractivity contribution in [3.8, 4) is 0 Å². The number of para-hydroxylation sites is 2. The SMILES string of the molecule is Cc1ccc(C(N)Cn2c(=O)cnc3ccccc32)c(C)c1. The molecule has 4 heteroatoms. The third-order valence-corrected chi connectivity index (χ3v) is 3.96. The molecule has 1 unspecified atom stereocenters. The highest BCUT2D eigenvalue weighted by molar-refractivity contribution is 5.74. The summed E-state index contributed by atoms with van der Waals surface area (Å²) in [5.41, 5.74) is 11.3. The Morgan fingerprint density at radius 3 is 2.73 bits per heavy atom. The molecule has 1 atom stereocenters. The van der Waals surface area contributed by atoms with Gasteiger partial charge < -0.3 is 10.3 Å². The van der Waals surface area contributed by atoms with E-state index in [1.165, 1.54) is 11.8 Å². The van der Waals surface area contributed by atoms with Gasteiger partial charge in [0, 0.05) is 12.6 Å². The normalized spacial score (nSPS) is 12.5. The summed E-state index contributed by atoms with van der Waals surface area (Å²) < 4.78 is 1.70. The van der Waals surface area contributed by atoms with Gasteiger partial charge in [0.15, 0.2) is 0 Å². The topological polar surface area (TPSA) is 60.9 Å². The van der Waals surface area contributed by atoms with Crippen LogP contribution >= 0.6 is 0 Å². The molecule has 0 bridgehead atoms. The van der Waals surface area contributed by atoms with Crippen LogP contribution in [0.2, 0.25) is 0 Å². The summed E-state index contributed by atoms with van der Waals surface area (Å²) in [6.07, 6.45) is 1.36. The van der Waals surface area contributed by atoms with E-state index in [0.29, 0.717) is 6.54 Å². The number of rotatable bonds is 3. The monoisotopic (exact) mass is 293 g/mol. The summed E-state index contributed by atoms with van der Waals surface area (Å²) in [6.45, 7) is 4.55. The van der Waals surface area contributed by atoms with Crippen molar-refractivity contribution >= 4 is 11.0 Å². The molecule has 2 N–H and O–H groups in total. The van der Waals surface area contributed by atoms with Gasteiger partial charge in [0.25, 0.3) is 5.56 Å². The fraction of sp³-hybridized carbons (Fsp3) is 0.222. The molecule has 1 heterocycles. The molecule has 22 heavy (non-hydrogen) atoms. The number of hydrogen-bond donors (Lipinski definition) is 1. The molecule has 0 aliphatic carbocycles. The zero-order valence-corrected chi connectivity index (χ0v) is 12.8. The van der Waals surface area contributed by atoms with E-state index >= 15 is 0 Å². The Bertz CT molecular complexity index is 883. The molecule has 1 aromatic heterocycles. The highest BCUT2D eigenvalue weighted by Gasteiger charge is 2.12. The fourth-order valence-corrected chi connectivity index (χ4v) is 2.84. The Kier molecular flexibility index (Phi) is 3.77. The van der Waals surface area contributed by atoms with E-state index in [9.17, 15) is 4.79 Å². The van der Waals surface area contributed by atoms with Gasteiger partial charge in [-0.3, -0.25) is 4.79 Å². The first-order valence-electron chi connectivity index (χ1n) is 7.33. The predicted octanol–water partition coefficient (Wildman–Crippen LogP) is 2.71. The molecule has 4 nitrogen and oxygen atoms in total. The molecule has 0 spiro atoms. The summed E-state index contributed by atoms with van der Waals surface area (Å²) in [5, 5.41) is 0. The molecular weight excluding hydrogens is 274 g/mol. The molecular formula is C18H19N3O. The second-order valence-electron chi connectivity index (χ2n) is 5.66. The van der Waals surface area contributed by atoms with Crippen LogP contribution in [0.5, 0.6) is 0 Å². The molecule has 3 aromatic rings. The van der Waals surface area contributed by atoms with E-state index in [0.717, 1.165) is 22.2 Å². The van der Waals surface area contributed by atoms with E-state index in [1.807, 2.05) is 30.3 Å². The summed E-state index contributed by atoms with van der Waals surface area (Å²) >= 11 is 0. The van der Waals surface area contributed by atoms with Gasteiger partial charge in [-0.05, 0) is 37.1 Å². The van der Waals surface area contributed by atoms with E-state index in [-0.39, 0.29) is 11.6 Å². The van der Waals surface area contributed by atoms with Crippen LogP contribution in [0.1, 0.15) is 22.7 Å². The lowest BCUT2D eigenvalue weighted by molar-refractivity contribution is 0.573. The molecule has 112 valence electrons. The second kappa shape index (κ2) is 5.73. The highest BCUT2D eigenvalue weighted by Crippen LogP contribution is 2.19. The van der Waals surface area contributed by atoms with Crippen molar-refractivity contribution in [2.75, 3.05) is 0 Å². The van der Waals surface area contributed by atoms with Crippen molar-refractivity contribution in [3.05, 3.63) is 75.7 Å². The molecule has 3 rings (SSSR count). The first-order valence-corrected chi connectivity index (χ1v) is 7.33. The zero-order valence-electron chi connectivity index (χ0n) is 12.8. The molecule has 0 fully saturated rings. The van der Waals surface area contributed by atoms with Crippen molar-refractivity contribution in [3.63, 3.8) is 0 Å². The first-order chi connectivity index (χ1) is 10.6. The fourth-order valence-electron chi connectivity index (χ4n) is 2.84. The van der Waals surface area contributed by atoms with Gasteiger partial charge in [0.05, 0.1) is 17.2 Å². The third kappa shape index (κ3) is 2.65. The molecule has 0 saturated carbocycles. The number of hydrogen-bond acceptors (Lipinski definition) is 3. The minimum absolute atomic E-state index is 0.126. The van der Waals surface area contributed by atoms with Crippen LogP contribution in [0.3, 0.4) is 0 Å². The molecule has 0 saturated heterocycles. The van der Waals surface area contributed by atoms with E-state index < -0.39 is 0 Å². The quantitative estimate of drug-likeness (QED) is 0.807. The second-order valence-corrected chi connectivity index (χ2v) is 5.66. The number of nitrogens with zero attached hydrogens (tertiary/aromatic N) is 2. The summed E-state index contributed by atoms with van der Waals surface area (Å²) in [5.74, 6) is 0. The van der Waals surface area contributed by atoms with Crippen LogP contribution in [-0.2, 0) is 6.54 Å². The van der Waals surface area contributed by atoms with Gasteiger partial charge in [0.2, 0.25) is 0 Å². The maximum absolute atomic E-state index is 12.2. The third-order valence-electron chi connectivity index (χ3n) is 3.96. The Hall–Kier alpha value is -2.46. The maximum atomic E-state index is 12.2. The van der Waals surface area contributed by atoms with Crippen molar-refractivity contribution < 1.29 is 0 Å². The average Bonchev–Trinajstić information content (AvgIpc) is 2.50. The number of benzene rings is 2. The summed E-state index contributed by atoms with van der Waals surface area (Å²) in [4.78, 5) is 16.4. The predicted molar refractivity (Wildman–Crippen MR) is 88.8 cm³/mol. The number of nitrogens with two attached hydrogens (primary N) is 1. The maximum Gasteiger partial charge on any atom is 0.269 e. The number of fused-ring (bicyclic) bond motifs is 1. The minimum atomic E-state index is -0.232.